The summed E-state index contributed by atoms with van der Waals surface area (Å²) in [6.07, 6.45) is -3.85. The highest BCUT2D eigenvalue weighted by Gasteiger charge is 2.33. The molecule has 0 saturated heterocycles. The van der Waals surface area contributed by atoms with Gasteiger partial charge in [-0.2, -0.15) is 13.2 Å². The molecule has 0 bridgehead atoms. The molecular formula is C16H9Cl3F3N3O. The van der Waals surface area contributed by atoms with Gasteiger partial charge in [0.2, 0.25) is 0 Å². The number of rotatable bonds is 2. The van der Waals surface area contributed by atoms with Gasteiger partial charge in [-0.3, -0.25) is 9.20 Å². The van der Waals surface area contributed by atoms with E-state index in [0.717, 1.165) is 16.7 Å². The van der Waals surface area contributed by atoms with Crippen molar-refractivity contribution in [1.29, 1.82) is 0 Å². The molecule has 4 nitrogen and oxygen atoms in total. The lowest BCUT2D eigenvalue weighted by Gasteiger charge is -2.11. The zero-order valence-corrected chi connectivity index (χ0v) is 15.2. The number of amides is 1. The van der Waals surface area contributed by atoms with Gasteiger partial charge in [0.15, 0.2) is 5.65 Å². The minimum Gasteiger partial charge on any atom is -0.319 e. The molecule has 0 aliphatic heterocycles. The van der Waals surface area contributed by atoms with E-state index in [2.05, 4.69) is 10.3 Å². The highest BCUT2D eigenvalue weighted by Crippen LogP contribution is 2.34. The molecule has 2 heterocycles. The van der Waals surface area contributed by atoms with Gasteiger partial charge in [-0.05, 0) is 25.1 Å². The Hall–Kier alpha value is -1.96. The predicted molar refractivity (Wildman–Crippen MR) is 94.4 cm³/mol. The maximum Gasteiger partial charge on any atom is 0.417 e. The van der Waals surface area contributed by atoms with Crippen LogP contribution in [0.1, 0.15) is 21.7 Å². The third-order valence-electron chi connectivity index (χ3n) is 3.59. The average Bonchev–Trinajstić information content (AvgIpc) is 2.87. The van der Waals surface area contributed by atoms with E-state index >= 15 is 0 Å². The molecule has 1 N–H and O–H groups in total. The van der Waals surface area contributed by atoms with Crippen molar-refractivity contribution in [3.05, 3.63) is 62.5 Å². The molecule has 0 aliphatic carbocycles. The van der Waals surface area contributed by atoms with Gasteiger partial charge in [-0.25, -0.2) is 4.98 Å². The van der Waals surface area contributed by atoms with Crippen LogP contribution in [0.5, 0.6) is 0 Å². The molecule has 0 saturated carbocycles. The van der Waals surface area contributed by atoms with E-state index in [4.69, 9.17) is 34.8 Å². The zero-order chi connectivity index (χ0) is 19.2. The molecule has 0 atom stereocenters. The topological polar surface area (TPSA) is 46.4 Å². The Kier molecular flexibility index (Phi) is 4.81. The quantitative estimate of drug-likeness (QED) is 0.561. The number of imidazole rings is 1. The van der Waals surface area contributed by atoms with E-state index in [9.17, 15) is 18.0 Å². The van der Waals surface area contributed by atoms with Crippen molar-refractivity contribution in [2.75, 3.05) is 5.32 Å². The third-order valence-corrected chi connectivity index (χ3v) is 4.69. The van der Waals surface area contributed by atoms with Gasteiger partial charge in [0.05, 0.1) is 32.0 Å². The SMILES string of the molecule is Cc1nc2c(Cl)cc(C(F)(F)F)cn2c1C(=O)Nc1cccc(Cl)c1Cl. The number of hydrogen-bond donors (Lipinski definition) is 1. The third kappa shape index (κ3) is 3.34. The standard InChI is InChI=1S/C16H9Cl3F3N3O/c1-7-13(15(26)24-11-4-2-3-9(17)12(11)19)25-6-8(16(20,21)22)5-10(18)14(25)23-7/h2-6H,1H3,(H,24,26). The largest absolute Gasteiger partial charge is 0.417 e. The number of hydrogen-bond acceptors (Lipinski definition) is 2. The predicted octanol–water partition coefficient (Wildman–Crippen LogP) is 5.87. The number of pyridine rings is 1. The van der Waals surface area contributed by atoms with Gasteiger partial charge >= 0.3 is 6.18 Å². The smallest absolute Gasteiger partial charge is 0.319 e. The van der Waals surface area contributed by atoms with Crippen molar-refractivity contribution in [1.82, 2.24) is 9.38 Å². The fourth-order valence-electron chi connectivity index (χ4n) is 2.43. The number of aryl methyl sites for hydroxylation is 1. The molecule has 2 aromatic heterocycles. The normalized spacial score (nSPS) is 11.8. The van der Waals surface area contributed by atoms with E-state index in [0.29, 0.717) is 0 Å². The van der Waals surface area contributed by atoms with E-state index < -0.39 is 17.6 Å². The molecular weight excluding hydrogens is 414 g/mol. The molecule has 1 aromatic carbocycles. The first-order valence-corrected chi connectivity index (χ1v) is 8.23. The summed E-state index contributed by atoms with van der Waals surface area (Å²) >= 11 is 17.8. The number of fused-ring (bicyclic) bond motifs is 1. The lowest BCUT2D eigenvalue weighted by Crippen LogP contribution is -2.17. The number of nitrogens with one attached hydrogen (secondary N) is 1. The number of benzene rings is 1. The van der Waals surface area contributed by atoms with Gasteiger partial charge in [-0.1, -0.05) is 40.9 Å². The van der Waals surface area contributed by atoms with Crippen molar-refractivity contribution in [2.24, 2.45) is 0 Å². The number of carbonyl (C=O) groups excluding carboxylic acids is 1. The Labute approximate surface area is 160 Å². The van der Waals surface area contributed by atoms with Crippen molar-refractivity contribution in [2.45, 2.75) is 13.1 Å². The van der Waals surface area contributed by atoms with Crippen LogP contribution in [0, 0.1) is 6.92 Å². The summed E-state index contributed by atoms with van der Waals surface area (Å²) in [6, 6.07) is 5.38. The Balaban J connectivity index is 2.12. The molecule has 1 amide bonds. The summed E-state index contributed by atoms with van der Waals surface area (Å²) in [4.78, 5) is 16.7. The lowest BCUT2D eigenvalue weighted by atomic mass is 10.2. The van der Waals surface area contributed by atoms with Crippen molar-refractivity contribution >= 4 is 52.0 Å². The van der Waals surface area contributed by atoms with Crippen LogP contribution in [-0.2, 0) is 6.18 Å². The first-order chi connectivity index (χ1) is 12.1. The molecule has 0 spiro atoms. The number of carbonyl (C=O) groups is 1. The van der Waals surface area contributed by atoms with Gasteiger partial charge in [-0.15, -0.1) is 0 Å². The second-order valence-corrected chi connectivity index (χ2v) is 6.56. The summed E-state index contributed by atoms with van der Waals surface area (Å²) in [6.45, 7) is 1.49. The van der Waals surface area contributed by atoms with Crippen LogP contribution in [-0.4, -0.2) is 15.3 Å². The maximum absolute atomic E-state index is 13.1. The van der Waals surface area contributed by atoms with E-state index in [1.165, 1.54) is 19.1 Å². The van der Waals surface area contributed by atoms with Crippen molar-refractivity contribution < 1.29 is 18.0 Å². The summed E-state index contributed by atoms with van der Waals surface area (Å²) in [5.74, 6) is -0.699. The molecule has 0 unspecified atom stereocenters. The highest BCUT2D eigenvalue weighted by molar-refractivity contribution is 6.44. The summed E-state index contributed by atoms with van der Waals surface area (Å²) in [5, 5.41) is 2.64. The lowest BCUT2D eigenvalue weighted by molar-refractivity contribution is -0.137. The van der Waals surface area contributed by atoms with E-state index in [1.54, 1.807) is 6.07 Å². The Morgan fingerprint density at radius 1 is 1.19 bits per heavy atom. The molecule has 3 aromatic rings. The number of alkyl halides is 3. The van der Waals surface area contributed by atoms with Crippen molar-refractivity contribution in [3.63, 3.8) is 0 Å². The minimum atomic E-state index is -4.62. The summed E-state index contributed by atoms with van der Waals surface area (Å²) in [7, 11) is 0. The van der Waals surface area contributed by atoms with Crippen LogP contribution in [0.3, 0.4) is 0 Å². The molecule has 10 heteroatoms. The maximum atomic E-state index is 13.1. The van der Waals surface area contributed by atoms with Crippen LogP contribution < -0.4 is 5.32 Å². The first-order valence-electron chi connectivity index (χ1n) is 7.10. The number of halogens is 6. The Morgan fingerprint density at radius 3 is 2.54 bits per heavy atom. The fraction of sp³-hybridized carbons (Fsp3) is 0.125. The van der Waals surface area contributed by atoms with Gasteiger partial charge in [0.1, 0.15) is 5.69 Å². The van der Waals surface area contributed by atoms with E-state index in [-0.39, 0.29) is 37.8 Å². The van der Waals surface area contributed by atoms with Gasteiger partial charge < -0.3 is 5.32 Å². The molecule has 136 valence electrons. The van der Waals surface area contributed by atoms with Crippen LogP contribution >= 0.6 is 34.8 Å². The number of anilines is 1. The minimum absolute atomic E-state index is 0.0412. The molecule has 0 aliphatic rings. The van der Waals surface area contributed by atoms with Crippen LogP contribution in [0.25, 0.3) is 5.65 Å². The second kappa shape index (κ2) is 6.64. The second-order valence-electron chi connectivity index (χ2n) is 5.37. The molecule has 3 rings (SSSR count). The monoisotopic (exact) mass is 421 g/mol. The number of aromatic nitrogens is 2. The van der Waals surface area contributed by atoms with Crippen LogP contribution in [0.15, 0.2) is 30.5 Å². The average molecular weight is 423 g/mol. The Bertz CT molecular complexity index is 1030. The highest BCUT2D eigenvalue weighted by atomic mass is 35.5. The number of nitrogens with zero attached hydrogens (tertiary/aromatic N) is 2. The molecule has 0 fully saturated rings. The zero-order valence-electron chi connectivity index (χ0n) is 13.0. The summed E-state index contributed by atoms with van der Waals surface area (Å²) in [5.41, 5.74) is -0.621. The summed E-state index contributed by atoms with van der Waals surface area (Å²) < 4.78 is 40.2. The van der Waals surface area contributed by atoms with Crippen LogP contribution in [0.2, 0.25) is 15.1 Å². The van der Waals surface area contributed by atoms with Crippen LogP contribution in [0.4, 0.5) is 18.9 Å². The Morgan fingerprint density at radius 2 is 1.88 bits per heavy atom. The van der Waals surface area contributed by atoms with Gasteiger partial charge in [0.25, 0.3) is 5.91 Å². The van der Waals surface area contributed by atoms with Crippen molar-refractivity contribution in [3.8, 4) is 0 Å². The first kappa shape index (κ1) is 18.8. The fourth-order valence-corrected chi connectivity index (χ4v) is 3.03. The molecule has 0 radical (unpaired) electrons. The molecule has 26 heavy (non-hydrogen) atoms. The van der Waals surface area contributed by atoms with E-state index in [1.807, 2.05) is 0 Å². The van der Waals surface area contributed by atoms with Gasteiger partial charge in [0, 0.05) is 6.20 Å².